The summed E-state index contributed by atoms with van der Waals surface area (Å²) in [5, 5.41) is 0. The number of halogens is 1. The first kappa shape index (κ1) is 16.7. The molecule has 0 unspecified atom stereocenters. The second-order valence-electron chi connectivity index (χ2n) is 7.21. The highest BCUT2D eigenvalue weighted by molar-refractivity contribution is 5.16. The van der Waals surface area contributed by atoms with Crippen LogP contribution in [0.5, 0.6) is 0 Å². The summed E-state index contributed by atoms with van der Waals surface area (Å²) in [6.07, 6.45) is 6.65. The quantitative estimate of drug-likeness (QED) is 0.853. The van der Waals surface area contributed by atoms with E-state index in [-0.39, 0.29) is 11.4 Å². The second-order valence-corrected chi connectivity index (χ2v) is 7.21. The molecule has 3 heterocycles. The van der Waals surface area contributed by atoms with E-state index in [1.54, 1.807) is 0 Å². The van der Waals surface area contributed by atoms with Crippen molar-refractivity contribution < 1.29 is 13.9 Å². The molecule has 5 nitrogen and oxygen atoms in total. The van der Waals surface area contributed by atoms with Crippen molar-refractivity contribution in [3.63, 3.8) is 0 Å². The van der Waals surface area contributed by atoms with Crippen LogP contribution in [0, 0.1) is 11.7 Å². The monoisotopic (exact) mass is 345 g/mol. The van der Waals surface area contributed by atoms with Gasteiger partial charge in [0.1, 0.15) is 11.4 Å². The molecule has 0 saturated carbocycles. The van der Waals surface area contributed by atoms with Crippen LogP contribution in [0.1, 0.15) is 12.0 Å². The maximum Gasteiger partial charge on any atom is 0.123 e. The smallest absolute Gasteiger partial charge is 0.123 e. The maximum atomic E-state index is 13.1. The lowest BCUT2D eigenvalue weighted by Crippen LogP contribution is -2.43. The third-order valence-electron chi connectivity index (χ3n) is 5.06. The summed E-state index contributed by atoms with van der Waals surface area (Å²) in [4.78, 5) is 6.47. The number of ether oxygens (including phenoxy) is 2. The SMILES string of the molecule is Fc1ccc(CN2CCOC[C@@]3(C[C@H](Cn4ccnc4)CO3)C2)cc1. The van der Waals surface area contributed by atoms with Crippen LogP contribution >= 0.6 is 0 Å². The van der Waals surface area contributed by atoms with Crippen molar-refractivity contribution in [3.8, 4) is 0 Å². The first-order valence-electron chi connectivity index (χ1n) is 8.85. The molecule has 4 rings (SSSR count). The van der Waals surface area contributed by atoms with Gasteiger partial charge >= 0.3 is 0 Å². The summed E-state index contributed by atoms with van der Waals surface area (Å²) in [5.74, 6) is 0.282. The van der Waals surface area contributed by atoms with E-state index in [0.29, 0.717) is 19.1 Å². The number of hydrogen-bond acceptors (Lipinski definition) is 4. The van der Waals surface area contributed by atoms with E-state index >= 15 is 0 Å². The minimum Gasteiger partial charge on any atom is -0.377 e. The molecule has 1 aromatic carbocycles. The number of benzene rings is 1. The Morgan fingerprint density at radius 3 is 2.96 bits per heavy atom. The number of imidazole rings is 1. The highest BCUT2D eigenvalue weighted by atomic mass is 19.1. The van der Waals surface area contributed by atoms with Crippen LogP contribution in [0.4, 0.5) is 4.39 Å². The van der Waals surface area contributed by atoms with Gasteiger partial charge < -0.3 is 14.0 Å². The van der Waals surface area contributed by atoms with E-state index < -0.39 is 0 Å². The summed E-state index contributed by atoms with van der Waals surface area (Å²) in [6.45, 7) is 5.55. The Morgan fingerprint density at radius 1 is 1.28 bits per heavy atom. The summed E-state index contributed by atoms with van der Waals surface area (Å²) < 4.78 is 27.3. The maximum absolute atomic E-state index is 13.1. The Bertz CT molecular complexity index is 676. The Morgan fingerprint density at radius 2 is 2.16 bits per heavy atom. The predicted octanol–water partition coefficient (Wildman–Crippen LogP) is 2.33. The van der Waals surface area contributed by atoms with Crippen molar-refractivity contribution in [1.29, 1.82) is 0 Å². The first-order chi connectivity index (χ1) is 12.2. The minimum absolute atomic E-state index is 0.194. The predicted molar refractivity (Wildman–Crippen MR) is 91.5 cm³/mol. The van der Waals surface area contributed by atoms with Gasteiger partial charge in [0.15, 0.2) is 0 Å². The normalized spacial score (nSPS) is 27.6. The molecule has 0 radical (unpaired) electrons. The van der Waals surface area contributed by atoms with Gasteiger partial charge in [-0.2, -0.15) is 0 Å². The van der Waals surface area contributed by atoms with Crippen molar-refractivity contribution in [3.05, 3.63) is 54.4 Å². The Hall–Kier alpha value is -1.76. The summed E-state index contributed by atoms with van der Waals surface area (Å²) >= 11 is 0. The molecule has 1 spiro atoms. The zero-order chi connectivity index (χ0) is 17.1. The molecule has 0 aliphatic carbocycles. The van der Waals surface area contributed by atoms with Crippen LogP contribution < -0.4 is 0 Å². The molecule has 6 heteroatoms. The molecule has 2 aliphatic rings. The molecule has 2 atom stereocenters. The summed E-state index contributed by atoms with van der Waals surface area (Å²) in [5.41, 5.74) is 0.883. The topological polar surface area (TPSA) is 39.5 Å². The van der Waals surface area contributed by atoms with E-state index in [9.17, 15) is 4.39 Å². The number of hydrogen-bond donors (Lipinski definition) is 0. The van der Waals surface area contributed by atoms with Crippen LogP contribution in [0.25, 0.3) is 0 Å². The molecular formula is C19H24FN3O2. The van der Waals surface area contributed by atoms with Crippen molar-refractivity contribution in [1.82, 2.24) is 14.5 Å². The van der Waals surface area contributed by atoms with Gasteiger partial charge in [-0.1, -0.05) is 12.1 Å². The van der Waals surface area contributed by atoms with Gasteiger partial charge in [-0.25, -0.2) is 9.37 Å². The van der Waals surface area contributed by atoms with Crippen LogP contribution in [0.3, 0.4) is 0 Å². The van der Waals surface area contributed by atoms with Gasteiger partial charge in [0.25, 0.3) is 0 Å². The number of rotatable bonds is 4. The van der Waals surface area contributed by atoms with E-state index in [2.05, 4.69) is 14.5 Å². The molecule has 1 aromatic heterocycles. The fourth-order valence-corrected chi connectivity index (χ4v) is 3.93. The van der Waals surface area contributed by atoms with E-state index in [1.807, 2.05) is 30.9 Å². The van der Waals surface area contributed by atoms with E-state index in [1.165, 1.54) is 12.1 Å². The van der Waals surface area contributed by atoms with Gasteiger partial charge in [-0.3, -0.25) is 4.90 Å². The molecule has 2 fully saturated rings. The Labute approximate surface area is 147 Å². The standard InChI is InChI=1S/C19H24FN3O2/c20-18-3-1-16(2-4-18)10-22-7-8-24-14-19(13-22)9-17(12-25-19)11-23-6-5-21-15-23/h1-6,15,17H,7-14H2/t17-,19-/m1/s1. The van der Waals surface area contributed by atoms with Gasteiger partial charge in [0, 0.05) is 44.5 Å². The highest BCUT2D eigenvalue weighted by Crippen LogP contribution is 2.34. The van der Waals surface area contributed by atoms with Gasteiger partial charge in [-0.05, 0) is 24.1 Å². The minimum atomic E-state index is -0.234. The molecule has 25 heavy (non-hydrogen) atoms. The fourth-order valence-electron chi connectivity index (χ4n) is 3.93. The van der Waals surface area contributed by atoms with Crippen molar-refractivity contribution >= 4 is 0 Å². The van der Waals surface area contributed by atoms with Crippen LogP contribution in [-0.4, -0.2) is 53.0 Å². The van der Waals surface area contributed by atoms with Crippen molar-refractivity contribution in [2.45, 2.75) is 25.1 Å². The third kappa shape index (κ3) is 4.08. The average molecular weight is 345 g/mol. The molecule has 0 N–H and O–H groups in total. The lowest BCUT2D eigenvalue weighted by Gasteiger charge is -2.31. The molecule has 2 aliphatic heterocycles. The molecule has 2 saturated heterocycles. The van der Waals surface area contributed by atoms with Crippen LogP contribution in [0.15, 0.2) is 43.0 Å². The van der Waals surface area contributed by atoms with E-state index in [4.69, 9.17) is 9.47 Å². The zero-order valence-corrected chi connectivity index (χ0v) is 14.3. The largest absolute Gasteiger partial charge is 0.377 e. The number of nitrogens with zero attached hydrogens (tertiary/aromatic N) is 3. The average Bonchev–Trinajstić information content (AvgIpc) is 3.20. The zero-order valence-electron chi connectivity index (χ0n) is 14.3. The molecule has 0 amide bonds. The van der Waals surface area contributed by atoms with Crippen LogP contribution in [-0.2, 0) is 22.6 Å². The summed E-state index contributed by atoms with van der Waals surface area (Å²) in [7, 11) is 0. The van der Waals surface area contributed by atoms with Crippen LogP contribution in [0.2, 0.25) is 0 Å². The van der Waals surface area contributed by atoms with Gasteiger partial charge in [-0.15, -0.1) is 0 Å². The molecule has 2 aromatic rings. The van der Waals surface area contributed by atoms with Crippen molar-refractivity contribution in [2.24, 2.45) is 5.92 Å². The van der Waals surface area contributed by atoms with Gasteiger partial charge in [0.2, 0.25) is 0 Å². The number of aromatic nitrogens is 2. The summed E-state index contributed by atoms with van der Waals surface area (Å²) in [6, 6.07) is 6.75. The molecular weight excluding hydrogens is 321 g/mol. The van der Waals surface area contributed by atoms with Gasteiger partial charge in [0.05, 0.1) is 26.1 Å². The lowest BCUT2D eigenvalue weighted by atomic mass is 9.94. The first-order valence-corrected chi connectivity index (χ1v) is 8.85. The van der Waals surface area contributed by atoms with Crippen molar-refractivity contribution in [2.75, 3.05) is 32.9 Å². The van der Waals surface area contributed by atoms with E-state index in [0.717, 1.165) is 44.8 Å². The molecule has 134 valence electrons. The Balaban J connectivity index is 1.40. The second kappa shape index (κ2) is 7.23. The Kier molecular flexibility index (Phi) is 4.83. The fraction of sp³-hybridized carbons (Fsp3) is 0.526. The highest BCUT2D eigenvalue weighted by Gasteiger charge is 2.43. The molecule has 0 bridgehead atoms. The third-order valence-corrected chi connectivity index (χ3v) is 5.06. The lowest BCUT2D eigenvalue weighted by molar-refractivity contribution is -0.0563.